The summed E-state index contributed by atoms with van der Waals surface area (Å²) in [6, 6.07) is 12.7. The minimum absolute atomic E-state index is 0.0163. The van der Waals surface area contributed by atoms with Crippen molar-refractivity contribution in [2.45, 2.75) is 18.2 Å². The number of aryl methyl sites for hydroxylation is 1. The largest absolute Gasteiger partial charge is 0.307 e. The number of sulfonamides is 1. The molecule has 1 heterocycles. The quantitative estimate of drug-likeness (QED) is 0.777. The number of carbonyl (C=O) groups excluding carboxylic acids is 1. The maximum Gasteiger partial charge on any atom is 0.256 e. The molecule has 0 aliphatic carbocycles. The Hall–Kier alpha value is -2.76. The van der Waals surface area contributed by atoms with E-state index >= 15 is 0 Å². The van der Waals surface area contributed by atoms with Gasteiger partial charge < -0.3 is 5.32 Å². The fraction of sp³-hybridized carbons (Fsp3) is 0.188. The van der Waals surface area contributed by atoms with Crippen LogP contribution in [0.5, 0.6) is 0 Å². The highest BCUT2D eigenvalue weighted by atomic mass is 32.2. The zero-order valence-electron chi connectivity index (χ0n) is 13.0. The van der Waals surface area contributed by atoms with Crippen LogP contribution in [-0.4, -0.2) is 25.9 Å². The number of rotatable bonds is 6. The Morgan fingerprint density at radius 1 is 1.25 bits per heavy atom. The standard InChI is InChI=1S/C16H16N4O3S/c1-12-5-2-8-15(19-12)20-16(21)13-6-3-7-14(11-13)24(22,23)18-10-4-9-17/h2-3,5-8,11,18H,4,10H2,1H3,(H,19,20,21). The first kappa shape index (κ1) is 17.6. The zero-order valence-corrected chi connectivity index (χ0v) is 13.8. The first-order valence-electron chi connectivity index (χ1n) is 7.14. The maximum atomic E-state index is 12.3. The van der Waals surface area contributed by atoms with Crippen molar-refractivity contribution < 1.29 is 13.2 Å². The molecule has 0 saturated heterocycles. The lowest BCUT2D eigenvalue weighted by Gasteiger charge is -2.08. The van der Waals surface area contributed by atoms with Gasteiger partial charge in [-0.15, -0.1) is 0 Å². The van der Waals surface area contributed by atoms with Gasteiger partial charge in [-0.2, -0.15) is 5.26 Å². The van der Waals surface area contributed by atoms with E-state index in [0.717, 1.165) is 5.69 Å². The fourth-order valence-corrected chi connectivity index (χ4v) is 3.01. The molecule has 1 aromatic heterocycles. The van der Waals surface area contributed by atoms with Crippen LogP contribution in [0.25, 0.3) is 0 Å². The molecule has 0 spiro atoms. The van der Waals surface area contributed by atoms with Crippen LogP contribution >= 0.6 is 0 Å². The molecule has 0 saturated carbocycles. The zero-order chi connectivity index (χ0) is 17.6. The molecule has 0 fully saturated rings. The lowest BCUT2D eigenvalue weighted by atomic mass is 10.2. The number of pyridine rings is 1. The van der Waals surface area contributed by atoms with E-state index in [2.05, 4.69) is 15.0 Å². The summed E-state index contributed by atoms with van der Waals surface area (Å²) in [6.07, 6.45) is 0.0679. The van der Waals surface area contributed by atoms with E-state index in [9.17, 15) is 13.2 Å². The Labute approximate surface area is 140 Å². The smallest absolute Gasteiger partial charge is 0.256 e. The Bertz CT molecular complexity index is 888. The number of carbonyl (C=O) groups is 1. The van der Waals surface area contributed by atoms with Gasteiger partial charge in [-0.1, -0.05) is 12.1 Å². The monoisotopic (exact) mass is 344 g/mol. The average molecular weight is 344 g/mol. The molecule has 0 aliphatic heterocycles. The van der Waals surface area contributed by atoms with Crippen LogP contribution in [0.4, 0.5) is 5.82 Å². The van der Waals surface area contributed by atoms with Crippen LogP contribution in [0.2, 0.25) is 0 Å². The van der Waals surface area contributed by atoms with Crippen molar-refractivity contribution in [2.75, 3.05) is 11.9 Å². The van der Waals surface area contributed by atoms with Gasteiger partial charge in [-0.3, -0.25) is 4.79 Å². The van der Waals surface area contributed by atoms with E-state index in [1.54, 1.807) is 25.1 Å². The van der Waals surface area contributed by atoms with E-state index in [0.29, 0.717) is 5.82 Å². The van der Waals surface area contributed by atoms with Crippen LogP contribution in [0.3, 0.4) is 0 Å². The SMILES string of the molecule is Cc1cccc(NC(=O)c2cccc(S(=O)(=O)NCCC#N)c2)n1. The Balaban J connectivity index is 2.17. The molecule has 0 atom stereocenters. The summed E-state index contributed by atoms with van der Waals surface area (Å²) in [5.74, 6) is -0.0671. The molecule has 0 aliphatic rings. The highest BCUT2D eigenvalue weighted by Gasteiger charge is 2.16. The predicted molar refractivity (Wildman–Crippen MR) is 88.8 cm³/mol. The summed E-state index contributed by atoms with van der Waals surface area (Å²) < 4.78 is 26.5. The average Bonchev–Trinajstić information content (AvgIpc) is 2.55. The second-order valence-electron chi connectivity index (χ2n) is 4.95. The maximum absolute atomic E-state index is 12.3. The van der Waals surface area contributed by atoms with Gasteiger partial charge >= 0.3 is 0 Å². The van der Waals surface area contributed by atoms with Crippen LogP contribution in [-0.2, 0) is 10.0 Å². The highest BCUT2D eigenvalue weighted by Crippen LogP contribution is 2.13. The second-order valence-corrected chi connectivity index (χ2v) is 6.72. The van der Waals surface area contributed by atoms with Gasteiger partial charge in [0.2, 0.25) is 10.0 Å². The number of nitrogens with zero attached hydrogens (tertiary/aromatic N) is 2. The third-order valence-corrected chi connectivity index (χ3v) is 4.52. The Kier molecular flexibility index (Phi) is 5.63. The third kappa shape index (κ3) is 4.62. The van der Waals surface area contributed by atoms with Gasteiger partial charge in [-0.25, -0.2) is 18.1 Å². The molecule has 2 N–H and O–H groups in total. The van der Waals surface area contributed by atoms with Crippen molar-refractivity contribution >= 4 is 21.7 Å². The van der Waals surface area contributed by atoms with Gasteiger partial charge in [0.15, 0.2) is 0 Å². The van der Waals surface area contributed by atoms with Crippen molar-refractivity contribution in [1.82, 2.24) is 9.71 Å². The van der Waals surface area contributed by atoms with Gasteiger partial charge in [0.25, 0.3) is 5.91 Å². The van der Waals surface area contributed by atoms with Gasteiger partial charge in [-0.05, 0) is 37.3 Å². The number of nitriles is 1. The Morgan fingerprint density at radius 2 is 2.00 bits per heavy atom. The summed E-state index contributed by atoms with van der Waals surface area (Å²) >= 11 is 0. The number of aromatic nitrogens is 1. The van der Waals surface area contributed by atoms with Crippen LogP contribution < -0.4 is 10.0 Å². The summed E-state index contributed by atoms with van der Waals surface area (Å²) in [5, 5.41) is 11.1. The van der Waals surface area contributed by atoms with E-state index in [1.807, 2.05) is 6.07 Å². The van der Waals surface area contributed by atoms with Crippen molar-refractivity contribution in [3.8, 4) is 6.07 Å². The molecule has 24 heavy (non-hydrogen) atoms. The molecule has 124 valence electrons. The minimum Gasteiger partial charge on any atom is -0.307 e. The lowest BCUT2D eigenvalue weighted by Crippen LogP contribution is -2.25. The number of hydrogen-bond acceptors (Lipinski definition) is 5. The number of benzene rings is 1. The molecular weight excluding hydrogens is 328 g/mol. The minimum atomic E-state index is -3.76. The normalized spacial score (nSPS) is 10.8. The second kappa shape index (κ2) is 7.68. The van der Waals surface area contributed by atoms with E-state index in [-0.39, 0.29) is 23.4 Å². The van der Waals surface area contributed by atoms with Gasteiger partial charge in [0, 0.05) is 24.2 Å². The molecule has 0 bridgehead atoms. The topological polar surface area (TPSA) is 112 Å². The fourth-order valence-electron chi connectivity index (χ4n) is 1.93. The molecule has 2 aromatic rings. The summed E-state index contributed by atoms with van der Waals surface area (Å²) in [7, 11) is -3.76. The van der Waals surface area contributed by atoms with Gasteiger partial charge in [0.1, 0.15) is 5.82 Å². The molecule has 2 rings (SSSR count). The molecule has 0 radical (unpaired) electrons. The molecule has 1 aromatic carbocycles. The molecule has 1 amide bonds. The summed E-state index contributed by atoms with van der Waals surface area (Å²) in [6.45, 7) is 1.82. The van der Waals surface area contributed by atoms with Crippen molar-refractivity contribution in [3.05, 3.63) is 53.7 Å². The number of nitrogens with one attached hydrogen (secondary N) is 2. The molecule has 7 nitrogen and oxygen atoms in total. The molecule has 8 heteroatoms. The third-order valence-electron chi connectivity index (χ3n) is 3.07. The van der Waals surface area contributed by atoms with Crippen LogP contribution in [0, 0.1) is 18.3 Å². The first-order valence-corrected chi connectivity index (χ1v) is 8.62. The number of amides is 1. The van der Waals surface area contributed by atoms with Crippen LogP contribution in [0.15, 0.2) is 47.4 Å². The van der Waals surface area contributed by atoms with Crippen molar-refractivity contribution in [3.63, 3.8) is 0 Å². The van der Waals surface area contributed by atoms with Crippen molar-refractivity contribution in [1.29, 1.82) is 5.26 Å². The number of anilines is 1. The highest BCUT2D eigenvalue weighted by molar-refractivity contribution is 7.89. The van der Waals surface area contributed by atoms with Gasteiger partial charge in [0.05, 0.1) is 11.0 Å². The van der Waals surface area contributed by atoms with Crippen LogP contribution in [0.1, 0.15) is 22.5 Å². The molecule has 0 unspecified atom stereocenters. The molecular formula is C16H16N4O3S. The van der Waals surface area contributed by atoms with E-state index in [1.165, 1.54) is 24.3 Å². The predicted octanol–water partition coefficient (Wildman–Crippen LogP) is 1.83. The van der Waals surface area contributed by atoms with E-state index < -0.39 is 15.9 Å². The summed E-state index contributed by atoms with van der Waals surface area (Å²) in [4.78, 5) is 16.4. The number of hydrogen-bond donors (Lipinski definition) is 2. The van der Waals surface area contributed by atoms with E-state index in [4.69, 9.17) is 5.26 Å². The first-order chi connectivity index (χ1) is 11.4. The van der Waals surface area contributed by atoms with Crippen molar-refractivity contribution in [2.24, 2.45) is 0 Å². The summed E-state index contributed by atoms with van der Waals surface area (Å²) in [5.41, 5.74) is 0.951. The lowest BCUT2D eigenvalue weighted by molar-refractivity contribution is 0.102. The Morgan fingerprint density at radius 3 is 2.71 bits per heavy atom.